The minimum atomic E-state index is -3.63. The summed E-state index contributed by atoms with van der Waals surface area (Å²) in [4.78, 5) is 7.29. The van der Waals surface area contributed by atoms with Crippen molar-refractivity contribution in [3.05, 3.63) is 46.7 Å². The van der Waals surface area contributed by atoms with Gasteiger partial charge in [-0.1, -0.05) is 28.1 Å². The lowest BCUT2D eigenvalue weighted by atomic mass is 10.2. The molecule has 0 bridgehead atoms. The van der Waals surface area contributed by atoms with Gasteiger partial charge in [-0.25, -0.2) is 23.1 Å². The fraction of sp³-hybridized carbons (Fsp3) is 0.0909. The van der Waals surface area contributed by atoms with Gasteiger partial charge in [-0.3, -0.25) is 0 Å². The molecule has 0 aliphatic carbocycles. The first-order valence-electron chi connectivity index (χ1n) is 5.29. The van der Waals surface area contributed by atoms with Gasteiger partial charge in [-0.15, -0.1) is 0 Å². The van der Waals surface area contributed by atoms with Gasteiger partial charge in [0.2, 0.25) is 16.0 Å². The van der Waals surface area contributed by atoms with Crippen molar-refractivity contribution in [2.45, 2.75) is 11.4 Å². The van der Waals surface area contributed by atoms with Gasteiger partial charge in [0.25, 0.3) is 0 Å². The lowest BCUT2D eigenvalue weighted by Gasteiger charge is -2.06. The number of rotatable bonds is 4. The van der Waals surface area contributed by atoms with Crippen LogP contribution in [0.1, 0.15) is 5.56 Å². The third-order valence-electron chi connectivity index (χ3n) is 2.34. The number of nitrogens with zero attached hydrogens (tertiary/aromatic N) is 2. The van der Waals surface area contributed by atoms with Gasteiger partial charge in [0.1, 0.15) is 4.90 Å². The maximum Gasteiger partial charge on any atom is 0.243 e. The Morgan fingerprint density at radius 3 is 2.32 bits per heavy atom. The van der Waals surface area contributed by atoms with E-state index in [0.717, 1.165) is 10.0 Å². The fourth-order valence-corrected chi connectivity index (χ4v) is 2.50. The van der Waals surface area contributed by atoms with Crippen molar-refractivity contribution in [3.63, 3.8) is 0 Å². The summed E-state index contributed by atoms with van der Waals surface area (Å²) in [5, 5.41) is 0. The first-order valence-corrected chi connectivity index (χ1v) is 7.56. The van der Waals surface area contributed by atoms with Crippen LogP contribution in [0.4, 0.5) is 5.95 Å². The van der Waals surface area contributed by atoms with Crippen molar-refractivity contribution in [2.24, 2.45) is 0 Å². The van der Waals surface area contributed by atoms with Crippen molar-refractivity contribution < 1.29 is 8.42 Å². The van der Waals surface area contributed by atoms with E-state index >= 15 is 0 Å². The molecule has 0 radical (unpaired) electrons. The molecule has 19 heavy (non-hydrogen) atoms. The molecule has 6 nitrogen and oxygen atoms in total. The topological polar surface area (TPSA) is 98.0 Å². The highest BCUT2D eigenvalue weighted by atomic mass is 79.9. The van der Waals surface area contributed by atoms with Crippen LogP contribution in [0.25, 0.3) is 0 Å². The third-order valence-corrected chi connectivity index (χ3v) is 4.22. The predicted molar refractivity (Wildman–Crippen MR) is 74.6 cm³/mol. The number of halogens is 1. The predicted octanol–water partition coefficient (Wildman–Crippen LogP) is 1.30. The van der Waals surface area contributed by atoms with Crippen LogP contribution in [0.3, 0.4) is 0 Å². The number of nitrogens with two attached hydrogens (primary N) is 1. The largest absolute Gasteiger partial charge is 0.368 e. The summed E-state index contributed by atoms with van der Waals surface area (Å²) in [5.74, 6) is 0.0341. The first-order chi connectivity index (χ1) is 8.97. The van der Waals surface area contributed by atoms with E-state index in [1.54, 1.807) is 0 Å². The minimum Gasteiger partial charge on any atom is -0.368 e. The average molecular weight is 343 g/mol. The van der Waals surface area contributed by atoms with E-state index in [1.165, 1.54) is 12.4 Å². The van der Waals surface area contributed by atoms with Gasteiger partial charge in [0.15, 0.2) is 0 Å². The van der Waals surface area contributed by atoms with Gasteiger partial charge >= 0.3 is 0 Å². The molecule has 0 atom stereocenters. The Balaban J connectivity index is 2.09. The van der Waals surface area contributed by atoms with Crippen molar-refractivity contribution in [1.82, 2.24) is 14.7 Å². The molecule has 0 spiro atoms. The molecular weight excluding hydrogens is 332 g/mol. The second-order valence-electron chi connectivity index (χ2n) is 3.73. The molecule has 8 heteroatoms. The fourth-order valence-electron chi connectivity index (χ4n) is 1.33. The van der Waals surface area contributed by atoms with Crippen molar-refractivity contribution in [3.8, 4) is 0 Å². The highest BCUT2D eigenvalue weighted by Crippen LogP contribution is 2.11. The Morgan fingerprint density at radius 1 is 1.16 bits per heavy atom. The van der Waals surface area contributed by atoms with E-state index in [2.05, 4.69) is 30.6 Å². The van der Waals surface area contributed by atoms with Gasteiger partial charge in [-0.05, 0) is 17.7 Å². The summed E-state index contributed by atoms with van der Waals surface area (Å²) in [7, 11) is -3.63. The van der Waals surface area contributed by atoms with Crippen LogP contribution in [0, 0.1) is 0 Å². The average Bonchev–Trinajstić information content (AvgIpc) is 2.39. The molecule has 3 N–H and O–H groups in total. The van der Waals surface area contributed by atoms with E-state index in [4.69, 9.17) is 5.73 Å². The molecular formula is C11H11BrN4O2S. The maximum absolute atomic E-state index is 11.9. The summed E-state index contributed by atoms with van der Waals surface area (Å²) in [6.07, 6.45) is 2.35. The number of hydrogen-bond donors (Lipinski definition) is 2. The molecule has 0 saturated carbocycles. The van der Waals surface area contributed by atoms with Gasteiger partial charge in [-0.2, -0.15) is 0 Å². The maximum atomic E-state index is 11.9. The Hall–Kier alpha value is -1.51. The molecule has 1 aromatic heterocycles. The Labute approximate surface area is 119 Å². The Kier molecular flexibility index (Phi) is 4.13. The van der Waals surface area contributed by atoms with Crippen LogP contribution >= 0.6 is 15.9 Å². The summed E-state index contributed by atoms with van der Waals surface area (Å²) in [6.45, 7) is 0.194. The van der Waals surface area contributed by atoms with Crippen LogP contribution in [0.15, 0.2) is 46.0 Å². The number of nitrogens with one attached hydrogen (secondary N) is 1. The van der Waals surface area contributed by atoms with E-state index in [1.807, 2.05) is 24.3 Å². The number of benzene rings is 1. The molecule has 0 aliphatic rings. The summed E-state index contributed by atoms with van der Waals surface area (Å²) in [5.41, 5.74) is 6.16. The van der Waals surface area contributed by atoms with Crippen LogP contribution in [-0.2, 0) is 16.6 Å². The van der Waals surface area contributed by atoms with E-state index in [-0.39, 0.29) is 17.4 Å². The molecule has 0 aliphatic heterocycles. The molecule has 100 valence electrons. The van der Waals surface area contributed by atoms with Gasteiger partial charge in [0.05, 0.1) is 12.4 Å². The highest BCUT2D eigenvalue weighted by molar-refractivity contribution is 9.10. The van der Waals surface area contributed by atoms with Crippen molar-refractivity contribution >= 4 is 31.9 Å². The third kappa shape index (κ3) is 3.72. The van der Waals surface area contributed by atoms with Crippen LogP contribution < -0.4 is 10.5 Å². The van der Waals surface area contributed by atoms with Crippen molar-refractivity contribution in [2.75, 3.05) is 5.73 Å². The van der Waals surface area contributed by atoms with Gasteiger partial charge in [0, 0.05) is 11.0 Å². The number of nitrogen functional groups attached to an aromatic ring is 1. The second kappa shape index (κ2) is 5.64. The molecule has 1 aromatic carbocycles. The lowest BCUT2D eigenvalue weighted by molar-refractivity contribution is 0.580. The lowest BCUT2D eigenvalue weighted by Crippen LogP contribution is -2.23. The summed E-state index contributed by atoms with van der Waals surface area (Å²) < 4.78 is 27.3. The smallest absolute Gasteiger partial charge is 0.243 e. The zero-order chi connectivity index (χ0) is 13.9. The minimum absolute atomic E-state index is 0.0150. The van der Waals surface area contributed by atoms with E-state index in [0.29, 0.717) is 0 Å². The zero-order valence-corrected chi connectivity index (χ0v) is 12.1. The number of hydrogen-bond acceptors (Lipinski definition) is 5. The van der Waals surface area contributed by atoms with Crippen molar-refractivity contribution in [1.29, 1.82) is 0 Å². The molecule has 1 heterocycles. The second-order valence-corrected chi connectivity index (χ2v) is 6.41. The van der Waals surface area contributed by atoms with Crippen LogP contribution in [0.5, 0.6) is 0 Å². The normalized spacial score (nSPS) is 11.4. The summed E-state index contributed by atoms with van der Waals surface area (Å²) >= 11 is 3.31. The zero-order valence-electron chi connectivity index (χ0n) is 9.75. The first kappa shape index (κ1) is 13.9. The molecule has 0 amide bonds. The number of sulfonamides is 1. The molecule has 0 fully saturated rings. The monoisotopic (exact) mass is 342 g/mol. The van der Waals surface area contributed by atoms with Crippen LogP contribution in [-0.4, -0.2) is 18.4 Å². The molecule has 2 rings (SSSR count). The Bertz CT molecular complexity index is 656. The summed E-state index contributed by atoms with van der Waals surface area (Å²) in [6, 6.07) is 7.34. The molecule has 0 unspecified atom stereocenters. The standard InChI is InChI=1S/C11H11BrN4O2S/c12-9-3-1-8(2-4-9)5-16-19(17,18)10-6-14-11(13)15-7-10/h1-4,6-7,16H,5H2,(H2,13,14,15). The number of anilines is 1. The van der Waals surface area contributed by atoms with Crippen LogP contribution in [0.2, 0.25) is 0 Å². The molecule has 2 aromatic rings. The number of aromatic nitrogens is 2. The van der Waals surface area contributed by atoms with E-state index in [9.17, 15) is 8.42 Å². The molecule has 0 saturated heterocycles. The SMILES string of the molecule is Nc1ncc(S(=O)(=O)NCc2ccc(Br)cc2)cn1. The highest BCUT2D eigenvalue weighted by Gasteiger charge is 2.14. The van der Waals surface area contributed by atoms with E-state index < -0.39 is 10.0 Å². The quantitative estimate of drug-likeness (QED) is 0.872. The Morgan fingerprint density at radius 2 is 1.74 bits per heavy atom. The van der Waals surface area contributed by atoms with Gasteiger partial charge < -0.3 is 5.73 Å².